The zero-order valence-electron chi connectivity index (χ0n) is 20.2. The van der Waals surface area contributed by atoms with Crippen LogP contribution in [0.25, 0.3) is 0 Å². The van der Waals surface area contributed by atoms with E-state index >= 15 is 0 Å². The third-order valence-corrected chi connectivity index (χ3v) is 7.73. The van der Waals surface area contributed by atoms with Crippen LogP contribution in [-0.4, -0.2) is 59.8 Å². The Bertz CT molecular complexity index is 972. The summed E-state index contributed by atoms with van der Waals surface area (Å²) in [5.41, 5.74) is 3.91. The summed E-state index contributed by atoms with van der Waals surface area (Å²) in [4.78, 5) is 18.5. The molecular formula is C27H36ClN3O2. The molecule has 3 unspecified atom stereocenters. The molecule has 0 aromatic heterocycles. The van der Waals surface area contributed by atoms with Crippen molar-refractivity contribution in [1.82, 2.24) is 9.80 Å². The highest BCUT2D eigenvalue weighted by molar-refractivity contribution is 6.30. The summed E-state index contributed by atoms with van der Waals surface area (Å²) in [7, 11) is 2.19. The topological polar surface area (TPSA) is 47.0 Å². The Morgan fingerprint density at radius 1 is 1.09 bits per heavy atom. The molecule has 0 radical (unpaired) electrons. The third kappa shape index (κ3) is 5.30. The molecule has 1 fully saturated rings. The molecule has 2 aliphatic heterocycles. The van der Waals surface area contributed by atoms with Crippen LogP contribution in [0.4, 0.5) is 10.5 Å². The standard InChI is InChI=1S/C27H36ClN3O2/c1-27(2,3)23-18-30(26(32)33)14-13-25(23)31-16-20-7-5-6-8-24(20)29(4)17-22(31)15-19-9-11-21(28)12-10-19/h5-12,22-23,25H,13-18H2,1-4H3,(H,32,33). The summed E-state index contributed by atoms with van der Waals surface area (Å²) < 4.78 is 0. The quantitative estimate of drug-likeness (QED) is 0.633. The van der Waals surface area contributed by atoms with Crippen molar-refractivity contribution in [3.63, 3.8) is 0 Å². The van der Waals surface area contributed by atoms with E-state index in [1.807, 2.05) is 12.1 Å². The van der Waals surface area contributed by atoms with Gasteiger partial charge in [-0.3, -0.25) is 4.90 Å². The lowest BCUT2D eigenvalue weighted by Crippen LogP contribution is -2.59. The summed E-state index contributed by atoms with van der Waals surface area (Å²) in [6, 6.07) is 17.5. The van der Waals surface area contributed by atoms with Crippen molar-refractivity contribution in [2.24, 2.45) is 11.3 Å². The first kappa shape index (κ1) is 23.9. The molecule has 6 heteroatoms. The molecule has 2 aromatic carbocycles. The molecule has 3 atom stereocenters. The number of rotatable bonds is 3. The number of benzene rings is 2. The molecule has 1 N–H and O–H groups in total. The summed E-state index contributed by atoms with van der Waals surface area (Å²) in [6.45, 7) is 9.74. The molecule has 33 heavy (non-hydrogen) atoms. The Labute approximate surface area is 202 Å². The van der Waals surface area contributed by atoms with Crippen LogP contribution in [0.3, 0.4) is 0 Å². The van der Waals surface area contributed by atoms with Gasteiger partial charge in [0.25, 0.3) is 0 Å². The lowest BCUT2D eigenvalue weighted by Gasteiger charge is -2.50. The molecule has 2 heterocycles. The first-order valence-corrected chi connectivity index (χ1v) is 12.3. The van der Waals surface area contributed by atoms with Gasteiger partial charge >= 0.3 is 6.09 Å². The predicted octanol–water partition coefficient (Wildman–Crippen LogP) is 5.62. The average molecular weight is 470 g/mol. The van der Waals surface area contributed by atoms with Crippen LogP contribution in [0.5, 0.6) is 0 Å². The summed E-state index contributed by atoms with van der Waals surface area (Å²) in [5.74, 6) is 0.255. The van der Waals surface area contributed by atoms with Crippen molar-refractivity contribution >= 4 is 23.4 Å². The van der Waals surface area contributed by atoms with E-state index in [1.54, 1.807) is 4.90 Å². The Morgan fingerprint density at radius 3 is 2.45 bits per heavy atom. The monoisotopic (exact) mass is 469 g/mol. The number of likely N-dealkylation sites (tertiary alicyclic amines) is 1. The Kier molecular flexibility index (Phi) is 6.92. The van der Waals surface area contributed by atoms with Crippen LogP contribution in [0.1, 0.15) is 38.3 Å². The van der Waals surface area contributed by atoms with Crippen LogP contribution in [0, 0.1) is 11.3 Å². The number of hydrogen-bond acceptors (Lipinski definition) is 3. The van der Waals surface area contributed by atoms with Gasteiger partial charge in [0, 0.05) is 56.0 Å². The summed E-state index contributed by atoms with van der Waals surface area (Å²) in [5, 5.41) is 10.5. The molecular weight excluding hydrogens is 434 g/mol. The maximum Gasteiger partial charge on any atom is 0.407 e. The summed E-state index contributed by atoms with van der Waals surface area (Å²) >= 11 is 6.15. The van der Waals surface area contributed by atoms with E-state index in [2.05, 4.69) is 74.0 Å². The number of carbonyl (C=O) groups is 1. The van der Waals surface area contributed by atoms with Gasteiger partial charge in [-0.1, -0.05) is 62.7 Å². The van der Waals surface area contributed by atoms with E-state index in [9.17, 15) is 9.90 Å². The van der Waals surface area contributed by atoms with Gasteiger partial charge < -0.3 is 14.9 Å². The maximum absolute atomic E-state index is 11.8. The molecule has 1 amide bonds. The first-order chi connectivity index (χ1) is 15.6. The molecule has 0 saturated carbocycles. The van der Waals surface area contributed by atoms with E-state index in [4.69, 9.17) is 11.6 Å². The van der Waals surface area contributed by atoms with Gasteiger partial charge in [0.15, 0.2) is 0 Å². The van der Waals surface area contributed by atoms with Crippen molar-refractivity contribution in [2.45, 2.75) is 52.2 Å². The third-order valence-electron chi connectivity index (χ3n) is 7.48. The number of amides is 1. The van der Waals surface area contributed by atoms with Gasteiger partial charge in [0.1, 0.15) is 0 Å². The highest BCUT2D eigenvalue weighted by Gasteiger charge is 2.43. The number of anilines is 1. The number of halogens is 1. The van der Waals surface area contributed by atoms with E-state index in [0.29, 0.717) is 25.2 Å². The Balaban J connectivity index is 1.71. The fourth-order valence-electron chi connectivity index (χ4n) is 5.69. The number of piperidine rings is 1. The minimum absolute atomic E-state index is 0.00132. The molecule has 5 nitrogen and oxygen atoms in total. The smallest absolute Gasteiger partial charge is 0.407 e. The first-order valence-electron chi connectivity index (χ1n) is 11.9. The van der Waals surface area contributed by atoms with Crippen LogP contribution in [0.15, 0.2) is 48.5 Å². The van der Waals surface area contributed by atoms with Gasteiger partial charge in [0.2, 0.25) is 0 Å². The molecule has 2 aromatic rings. The second-order valence-corrected chi connectivity index (χ2v) is 11.2. The largest absolute Gasteiger partial charge is 0.465 e. The van der Waals surface area contributed by atoms with E-state index < -0.39 is 6.09 Å². The Hall–Kier alpha value is -2.24. The molecule has 178 valence electrons. The van der Waals surface area contributed by atoms with Gasteiger partial charge in [0.05, 0.1) is 0 Å². The fourth-order valence-corrected chi connectivity index (χ4v) is 5.81. The maximum atomic E-state index is 11.8. The number of carboxylic acid groups (broad SMARTS) is 1. The molecule has 0 aliphatic carbocycles. The van der Waals surface area contributed by atoms with Gasteiger partial charge in [-0.05, 0) is 53.5 Å². The molecule has 0 spiro atoms. The molecule has 0 bridgehead atoms. The number of nitrogens with zero attached hydrogens (tertiary/aromatic N) is 3. The minimum Gasteiger partial charge on any atom is -0.465 e. The molecule has 2 aliphatic rings. The number of para-hydroxylation sites is 1. The predicted molar refractivity (Wildman–Crippen MR) is 135 cm³/mol. The van der Waals surface area contributed by atoms with E-state index in [-0.39, 0.29) is 11.3 Å². The SMILES string of the molecule is CN1CC(Cc2ccc(Cl)cc2)N(C2CCN(C(=O)O)CC2C(C)(C)C)Cc2ccccc21. The zero-order valence-corrected chi connectivity index (χ0v) is 20.9. The average Bonchev–Trinajstić information content (AvgIpc) is 2.91. The van der Waals surface area contributed by atoms with Crippen molar-refractivity contribution in [3.05, 3.63) is 64.7 Å². The minimum atomic E-state index is -0.804. The van der Waals surface area contributed by atoms with Gasteiger partial charge in [-0.2, -0.15) is 0 Å². The molecule has 1 saturated heterocycles. The molecule has 4 rings (SSSR count). The van der Waals surface area contributed by atoms with Crippen molar-refractivity contribution < 1.29 is 9.90 Å². The fraction of sp³-hybridized carbons (Fsp3) is 0.519. The van der Waals surface area contributed by atoms with E-state index in [0.717, 1.165) is 31.0 Å². The normalized spacial score (nSPS) is 24.3. The van der Waals surface area contributed by atoms with Crippen LogP contribution < -0.4 is 4.90 Å². The number of likely N-dealkylation sites (N-methyl/N-ethyl adjacent to an activating group) is 1. The Morgan fingerprint density at radius 2 is 1.79 bits per heavy atom. The second kappa shape index (κ2) is 9.55. The van der Waals surface area contributed by atoms with Crippen LogP contribution in [0.2, 0.25) is 5.02 Å². The lowest BCUT2D eigenvalue weighted by molar-refractivity contribution is -0.0124. The number of hydrogen-bond donors (Lipinski definition) is 1. The van der Waals surface area contributed by atoms with Gasteiger partial charge in [-0.15, -0.1) is 0 Å². The van der Waals surface area contributed by atoms with Gasteiger partial charge in [-0.25, -0.2) is 4.79 Å². The summed E-state index contributed by atoms with van der Waals surface area (Å²) in [6.07, 6.45) is 0.990. The number of fused-ring (bicyclic) bond motifs is 1. The van der Waals surface area contributed by atoms with Crippen LogP contribution in [-0.2, 0) is 13.0 Å². The zero-order chi connectivity index (χ0) is 23.8. The van der Waals surface area contributed by atoms with Crippen molar-refractivity contribution in [2.75, 3.05) is 31.6 Å². The lowest BCUT2D eigenvalue weighted by atomic mass is 9.72. The highest BCUT2D eigenvalue weighted by atomic mass is 35.5. The van der Waals surface area contributed by atoms with Crippen LogP contribution >= 0.6 is 11.6 Å². The second-order valence-electron chi connectivity index (χ2n) is 10.7. The van der Waals surface area contributed by atoms with Crippen molar-refractivity contribution in [1.29, 1.82) is 0 Å². The van der Waals surface area contributed by atoms with E-state index in [1.165, 1.54) is 16.8 Å². The highest BCUT2D eigenvalue weighted by Crippen LogP contribution is 2.39. The van der Waals surface area contributed by atoms with Crippen molar-refractivity contribution in [3.8, 4) is 0 Å².